The van der Waals surface area contributed by atoms with Crippen LogP contribution in [0.4, 0.5) is 17.5 Å². The van der Waals surface area contributed by atoms with Gasteiger partial charge in [-0.2, -0.15) is 10.1 Å². The minimum atomic E-state index is -0.472. The summed E-state index contributed by atoms with van der Waals surface area (Å²) in [6.07, 6.45) is 7.74. The quantitative estimate of drug-likeness (QED) is 0.186. The van der Waals surface area contributed by atoms with Crippen LogP contribution in [0.25, 0.3) is 21.9 Å². The Morgan fingerprint density at radius 2 is 1.85 bits per heavy atom. The molecule has 17 heteroatoms. The topological polar surface area (TPSA) is 187 Å². The fourth-order valence-corrected chi connectivity index (χ4v) is 7.94. The molecule has 3 aliphatic rings. The molecular weight excluding hydrogens is 716 g/mol. The van der Waals surface area contributed by atoms with E-state index >= 15 is 0 Å². The predicted molar refractivity (Wildman–Crippen MR) is 200 cm³/mol. The summed E-state index contributed by atoms with van der Waals surface area (Å²) in [6, 6.07) is 9.21. The molecule has 16 nitrogen and oxygen atoms in total. The lowest BCUT2D eigenvalue weighted by molar-refractivity contribution is -0.134. The van der Waals surface area contributed by atoms with Crippen LogP contribution in [0.3, 0.4) is 0 Å². The molecule has 5 aromatic rings. The molecule has 8 rings (SSSR count). The molecule has 3 fully saturated rings. The van der Waals surface area contributed by atoms with E-state index in [9.17, 15) is 19.2 Å². The lowest BCUT2D eigenvalue weighted by Gasteiger charge is -2.53. The molecule has 1 aromatic carbocycles. The number of para-hydroxylation sites is 1. The summed E-state index contributed by atoms with van der Waals surface area (Å²) in [5.74, 6) is 0.395. The number of benzene rings is 1. The number of nitrogens with one attached hydrogen (secondary N) is 3. The van der Waals surface area contributed by atoms with Crippen molar-refractivity contribution in [1.29, 1.82) is 0 Å². The maximum atomic E-state index is 12.7. The van der Waals surface area contributed by atoms with Gasteiger partial charge >= 0.3 is 0 Å². The van der Waals surface area contributed by atoms with Crippen molar-refractivity contribution in [3.63, 3.8) is 0 Å². The second kappa shape index (κ2) is 13.9. The molecule has 3 amide bonds. The highest BCUT2D eigenvalue weighted by Crippen LogP contribution is 2.46. The van der Waals surface area contributed by atoms with Crippen LogP contribution in [0.2, 0.25) is 5.02 Å². The van der Waals surface area contributed by atoms with Crippen molar-refractivity contribution >= 4 is 68.7 Å². The molecule has 2 aliphatic heterocycles. The van der Waals surface area contributed by atoms with Crippen molar-refractivity contribution in [3.05, 3.63) is 63.8 Å². The molecule has 1 saturated carbocycles. The monoisotopic (exact) mass is 754 g/mol. The highest BCUT2D eigenvalue weighted by atomic mass is 35.5. The first-order valence-corrected chi connectivity index (χ1v) is 18.2. The van der Waals surface area contributed by atoms with E-state index in [0.717, 1.165) is 55.4 Å². The lowest BCUT2D eigenvalue weighted by Crippen LogP contribution is -2.58. The van der Waals surface area contributed by atoms with Gasteiger partial charge in [0.1, 0.15) is 21.9 Å². The fourth-order valence-electron chi connectivity index (χ4n) is 7.80. The van der Waals surface area contributed by atoms with E-state index in [4.69, 9.17) is 31.2 Å². The number of aromatic nitrogens is 6. The Morgan fingerprint density at radius 3 is 2.61 bits per heavy atom. The van der Waals surface area contributed by atoms with Gasteiger partial charge in [0.2, 0.25) is 17.8 Å². The minimum absolute atomic E-state index is 0.0358. The Balaban J connectivity index is 0.908. The zero-order valence-corrected chi connectivity index (χ0v) is 30.8. The predicted octanol–water partition coefficient (Wildman–Crippen LogP) is 3.48. The Hall–Kier alpha value is -5.77. The number of carbonyl (C=O) groups is 3. The summed E-state index contributed by atoms with van der Waals surface area (Å²) in [5, 5.41) is 14.7. The Labute approximate surface area is 314 Å². The van der Waals surface area contributed by atoms with Crippen LogP contribution in [0.1, 0.15) is 50.1 Å². The van der Waals surface area contributed by atoms with Gasteiger partial charge in [0.15, 0.2) is 18.2 Å². The number of pyridine rings is 2. The molecule has 0 bridgehead atoms. The van der Waals surface area contributed by atoms with Gasteiger partial charge in [-0.3, -0.25) is 33.7 Å². The van der Waals surface area contributed by atoms with Crippen LogP contribution in [0, 0.1) is 5.41 Å². The lowest BCUT2D eigenvalue weighted by atomic mass is 9.68. The van der Waals surface area contributed by atoms with Crippen molar-refractivity contribution in [2.24, 2.45) is 19.5 Å². The summed E-state index contributed by atoms with van der Waals surface area (Å²) in [6.45, 7) is 1.35. The second-order valence-corrected chi connectivity index (χ2v) is 14.7. The second-order valence-electron chi connectivity index (χ2n) is 14.3. The number of nitrogens with zero attached hydrogens (tertiary/aromatic N) is 7. The van der Waals surface area contributed by atoms with Crippen LogP contribution in [-0.2, 0) is 28.5 Å². The number of imide groups is 1. The third kappa shape index (κ3) is 6.54. The molecule has 54 heavy (non-hydrogen) atoms. The van der Waals surface area contributed by atoms with Crippen LogP contribution in [-0.4, -0.2) is 79.9 Å². The zero-order chi connectivity index (χ0) is 37.7. The average Bonchev–Trinajstić information content (AvgIpc) is 3.49. The summed E-state index contributed by atoms with van der Waals surface area (Å²) in [7, 11) is 4.94. The van der Waals surface area contributed by atoms with Crippen LogP contribution in [0.15, 0.2) is 47.5 Å². The van der Waals surface area contributed by atoms with Gasteiger partial charge in [0, 0.05) is 56.8 Å². The molecule has 2 saturated heterocycles. The molecule has 6 heterocycles. The van der Waals surface area contributed by atoms with E-state index in [0.29, 0.717) is 52.0 Å². The molecule has 4 aromatic heterocycles. The van der Waals surface area contributed by atoms with E-state index in [-0.39, 0.29) is 41.6 Å². The van der Waals surface area contributed by atoms with Crippen LogP contribution < -0.4 is 35.9 Å². The van der Waals surface area contributed by atoms with Gasteiger partial charge in [-0.25, -0.2) is 9.97 Å². The number of rotatable bonds is 9. The fraction of sp³-hybridized carbons (Fsp3) is 0.405. The molecule has 280 valence electrons. The number of ether oxygens (including phenoxy) is 2. The summed E-state index contributed by atoms with van der Waals surface area (Å²) < 4.78 is 15.2. The SMILES string of the molecule is CNC(=O)COc1cc2cc(Nc3nc(N4CC5(CCC(Oc6cccc7c(C8CCC(=O)NC8=O)nn(C)c67)CC5)C4)ncc3Cl)cnc2n(C)c1=O. The molecule has 1 atom stereocenters. The number of hydrogen-bond donors (Lipinski definition) is 3. The number of halogens is 1. The van der Waals surface area contributed by atoms with Gasteiger partial charge in [-0.1, -0.05) is 23.7 Å². The van der Waals surface area contributed by atoms with Crippen LogP contribution in [0.5, 0.6) is 11.5 Å². The van der Waals surface area contributed by atoms with Crippen molar-refractivity contribution < 1.29 is 23.9 Å². The number of piperidine rings is 1. The number of likely N-dealkylation sites (N-methyl/N-ethyl adjacent to an activating group) is 1. The van der Waals surface area contributed by atoms with Crippen LogP contribution >= 0.6 is 11.6 Å². The maximum Gasteiger partial charge on any atom is 0.294 e. The first-order valence-electron chi connectivity index (χ1n) is 17.8. The third-order valence-corrected chi connectivity index (χ3v) is 11.0. The van der Waals surface area contributed by atoms with Gasteiger partial charge in [0.25, 0.3) is 11.5 Å². The van der Waals surface area contributed by atoms with E-state index in [1.807, 2.05) is 25.2 Å². The molecule has 1 unspecified atom stereocenters. The molecule has 3 N–H and O–H groups in total. The first kappa shape index (κ1) is 35.3. The van der Waals surface area contributed by atoms with Crippen molar-refractivity contribution in [2.45, 2.75) is 50.5 Å². The number of aryl methyl sites for hydroxylation is 2. The number of amides is 3. The summed E-state index contributed by atoms with van der Waals surface area (Å²) >= 11 is 6.53. The van der Waals surface area contributed by atoms with Gasteiger partial charge in [-0.05, 0) is 50.3 Å². The number of carbonyl (C=O) groups excluding carboxylic acids is 3. The summed E-state index contributed by atoms with van der Waals surface area (Å²) in [4.78, 5) is 64.7. The van der Waals surface area contributed by atoms with Crippen molar-refractivity contribution in [3.8, 4) is 11.5 Å². The molecular formula is C37H39ClN10O6. The van der Waals surface area contributed by atoms with E-state index < -0.39 is 11.5 Å². The van der Waals surface area contributed by atoms with Gasteiger partial charge < -0.3 is 25.0 Å². The smallest absolute Gasteiger partial charge is 0.294 e. The Kier molecular flexibility index (Phi) is 9.08. The Bertz CT molecular complexity index is 2380. The van der Waals surface area contributed by atoms with E-state index in [1.54, 1.807) is 36.3 Å². The highest BCUT2D eigenvalue weighted by molar-refractivity contribution is 6.33. The number of fused-ring (bicyclic) bond motifs is 2. The Morgan fingerprint density at radius 1 is 1.06 bits per heavy atom. The van der Waals surface area contributed by atoms with Crippen molar-refractivity contribution in [2.75, 3.05) is 37.0 Å². The summed E-state index contributed by atoms with van der Waals surface area (Å²) in [5.41, 5.74) is 2.30. The van der Waals surface area contributed by atoms with E-state index in [1.165, 1.54) is 11.6 Å². The number of anilines is 3. The number of hydrogen-bond acceptors (Lipinski definition) is 12. The molecule has 0 radical (unpaired) electrons. The maximum absolute atomic E-state index is 12.7. The van der Waals surface area contributed by atoms with E-state index in [2.05, 4.69) is 30.8 Å². The third-order valence-electron chi connectivity index (χ3n) is 10.7. The zero-order valence-electron chi connectivity index (χ0n) is 30.0. The molecule has 1 spiro atoms. The largest absolute Gasteiger partial charge is 0.488 e. The first-order chi connectivity index (χ1) is 26.0. The highest BCUT2D eigenvalue weighted by Gasteiger charge is 2.46. The standard InChI is InChI=1S/C37H39ClN10O6/c1-39-29(50)17-53-27-14-20-13-21(15-40-33(20)46(2)35(27)52)42-32-25(38)16-41-36(44-32)48-18-37(19-48)11-9-22(10-12-37)54-26-6-4-5-23-30(45-47(3)31(23)26)24-7-8-28(49)43-34(24)51/h4-6,13-16,22,24H,7-12,17-19H2,1-3H3,(H,39,50)(H,41,42,44)(H,43,49,51). The normalized spacial score (nSPS) is 18.4. The van der Waals surface area contributed by atoms with Crippen molar-refractivity contribution in [1.82, 2.24) is 39.9 Å². The van der Waals surface area contributed by atoms with Gasteiger partial charge in [-0.15, -0.1) is 0 Å². The molecule has 1 aliphatic carbocycles. The van der Waals surface area contributed by atoms with Gasteiger partial charge in [0.05, 0.1) is 35.8 Å². The minimum Gasteiger partial charge on any atom is -0.488 e. The average molecular weight is 755 g/mol.